The van der Waals surface area contributed by atoms with Gasteiger partial charge in [0.1, 0.15) is 29.0 Å². The molecule has 3 rings (SSSR count). The Morgan fingerprint density at radius 2 is 1.52 bits per heavy atom. The van der Waals surface area contributed by atoms with Gasteiger partial charge in [0.05, 0.1) is 23.8 Å². The van der Waals surface area contributed by atoms with Gasteiger partial charge in [0, 0.05) is 11.4 Å². The van der Waals surface area contributed by atoms with Crippen LogP contribution < -0.4 is 14.4 Å². The minimum atomic E-state index is 0.260. The fourth-order valence-electron chi connectivity index (χ4n) is 3.75. The molecule has 0 N–H and O–H groups in total. The topological polar surface area (TPSA) is 69.3 Å². The molecule has 5 nitrogen and oxygen atoms in total. The minimum absolute atomic E-state index is 0.260. The van der Waals surface area contributed by atoms with Crippen LogP contribution in [0.3, 0.4) is 0 Å². The highest BCUT2D eigenvalue weighted by Gasteiger charge is 2.35. The summed E-state index contributed by atoms with van der Waals surface area (Å²) in [6, 6.07) is 12.8. The van der Waals surface area contributed by atoms with Crippen molar-refractivity contribution in [3.05, 3.63) is 35.4 Å². The van der Waals surface area contributed by atoms with Gasteiger partial charge < -0.3 is 14.4 Å². The molecular weight excluding hydrogens is 430 g/mol. The van der Waals surface area contributed by atoms with Gasteiger partial charge in [0.25, 0.3) is 0 Å². The van der Waals surface area contributed by atoms with E-state index >= 15 is 0 Å². The number of hydrogen-bond acceptors (Lipinski definition) is 6. The van der Waals surface area contributed by atoms with Crippen molar-refractivity contribution in [2.75, 3.05) is 24.7 Å². The predicted octanol–water partition coefficient (Wildman–Crippen LogP) is 7.29. The van der Waals surface area contributed by atoms with Gasteiger partial charge in [-0.15, -0.1) is 0 Å². The Labute approximate surface area is 202 Å². The van der Waals surface area contributed by atoms with Crippen LogP contribution in [0.25, 0.3) is 0 Å². The zero-order chi connectivity index (χ0) is 24.0. The molecule has 0 fully saturated rings. The number of hydrogen-bond donors (Lipinski definition) is 0. The molecule has 0 atom stereocenters. The Morgan fingerprint density at radius 1 is 0.909 bits per heavy atom. The highest BCUT2D eigenvalue weighted by Crippen LogP contribution is 2.57. The lowest BCUT2D eigenvalue weighted by Crippen LogP contribution is -2.25. The molecular formula is C27H33N3O2S. The number of anilines is 2. The first-order valence-electron chi connectivity index (χ1n) is 11.8. The van der Waals surface area contributed by atoms with Crippen LogP contribution in [0, 0.1) is 34.5 Å². The van der Waals surface area contributed by atoms with Crippen LogP contribution in [-0.2, 0) is 0 Å². The molecule has 6 heteroatoms. The second kappa shape index (κ2) is 11.3. The number of benzene rings is 2. The molecule has 1 aliphatic heterocycles. The lowest BCUT2D eigenvalue weighted by molar-refractivity contribution is 0.258. The van der Waals surface area contributed by atoms with E-state index in [1.54, 1.807) is 11.8 Å². The number of ether oxygens (including phenoxy) is 2. The highest BCUT2D eigenvalue weighted by atomic mass is 32.2. The van der Waals surface area contributed by atoms with Gasteiger partial charge in [-0.3, -0.25) is 0 Å². The summed E-state index contributed by atoms with van der Waals surface area (Å²) in [7, 11) is 0. The minimum Gasteiger partial charge on any atom is -0.491 e. The van der Waals surface area contributed by atoms with Gasteiger partial charge in [-0.2, -0.15) is 10.5 Å². The van der Waals surface area contributed by atoms with Crippen LogP contribution in [0.5, 0.6) is 11.5 Å². The van der Waals surface area contributed by atoms with Crippen molar-refractivity contribution < 1.29 is 9.47 Å². The van der Waals surface area contributed by atoms with Crippen molar-refractivity contribution >= 4 is 23.1 Å². The van der Waals surface area contributed by atoms with E-state index in [4.69, 9.17) is 9.47 Å². The maximum Gasteiger partial charge on any atom is 0.163 e. The molecule has 0 radical (unpaired) electrons. The fourth-order valence-corrected chi connectivity index (χ4v) is 4.95. The summed E-state index contributed by atoms with van der Waals surface area (Å²) in [5, 5.41) is 20.2. The molecule has 1 heterocycles. The summed E-state index contributed by atoms with van der Waals surface area (Å²) < 4.78 is 12.5. The molecule has 0 amide bonds. The summed E-state index contributed by atoms with van der Waals surface area (Å²) >= 11 is 1.59. The molecule has 0 unspecified atom stereocenters. The second-order valence-electron chi connectivity index (χ2n) is 9.15. The number of para-hydroxylation sites is 1. The SMILES string of the molecule is CCCCCN1c2ccccc2Sc2c(OCC(C)C)c(C#N)c(C#N)c(OCC(C)C)c21. The molecule has 1 aliphatic rings. The molecule has 0 bridgehead atoms. The van der Waals surface area contributed by atoms with Crippen LogP contribution in [0.2, 0.25) is 0 Å². The standard InChI is InChI=1S/C27H33N3O2S/c1-6-7-10-13-30-22-11-8-9-12-23(22)33-27-24(30)25(31-16-18(2)3)20(14-28)21(15-29)26(27)32-17-19(4)5/h8-9,11-12,18-19H,6-7,10,13,16-17H2,1-5H3. The monoisotopic (exact) mass is 463 g/mol. The molecule has 0 saturated carbocycles. The normalized spacial score (nSPS) is 12.2. The van der Waals surface area contributed by atoms with E-state index in [-0.39, 0.29) is 23.0 Å². The highest BCUT2D eigenvalue weighted by molar-refractivity contribution is 7.99. The largest absolute Gasteiger partial charge is 0.491 e. The molecule has 0 aliphatic carbocycles. The lowest BCUT2D eigenvalue weighted by atomic mass is 10.0. The van der Waals surface area contributed by atoms with Crippen LogP contribution in [-0.4, -0.2) is 19.8 Å². The van der Waals surface area contributed by atoms with Gasteiger partial charge in [0.15, 0.2) is 11.5 Å². The number of unbranched alkanes of at least 4 members (excludes halogenated alkanes) is 2. The molecule has 2 aromatic rings. The third-order valence-electron chi connectivity index (χ3n) is 5.31. The van der Waals surface area contributed by atoms with Gasteiger partial charge >= 0.3 is 0 Å². The summed E-state index contributed by atoms with van der Waals surface area (Å²) in [5.74, 6) is 1.56. The molecule has 33 heavy (non-hydrogen) atoms. The van der Waals surface area contributed by atoms with E-state index < -0.39 is 0 Å². The van der Waals surface area contributed by atoms with E-state index in [1.807, 2.05) is 12.1 Å². The first-order chi connectivity index (χ1) is 15.9. The fraction of sp³-hybridized carbons (Fsp3) is 0.481. The Morgan fingerprint density at radius 3 is 2.12 bits per heavy atom. The Bertz CT molecular complexity index is 1070. The van der Waals surface area contributed by atoms with E-state index in [1.165, 1.54) is 0 Å². The summed E-state index contributed by atoms with van der Waals surface area (Å²) in [5.41, 5.74) is 2.47. The average Bonchev–Trinajstić information content (AvgIpc) is 2.80. The maximum atomic E-state index is 10.1. The zero-order valence-corrected chi connectivity index (χ0v) is 21.1. The Hall–Kier alpha value is -2.83. The summed E-state index contributed by atoms with van der Waals surface area (Å²) in [6.45, 7) is 12.2. The summed E-state index contributed by atoms with van der Waals surface area (Å²) in [4.78, 5) is 4.23. The summed E-state index contributed by atoms with van der Waals surface area (Å²) in [6.07, 6.45) is 3.25. The van der Waals surface area contributed by atoms with E-state index in [9.17, 15) is 10.5 Å². The molecule has 0 saturated heterocycles. The van der Waals surface area contributed by atoms with Crippen LogP contribution >= 0.6 is 11.8 Å². The van der Waals surface area contributed by atoms with E-state index in [0.29, 0.717) is 24.7 Å². The van der Waals surface area contributed by atoms with Gasteiger partial charge in [0.2, 0.25) is 0 Å². The third kappa shape index (κ3) is 5.40. The smallest absolute Gasteiger partial charge is 0.163 e. The first kappa shape index (κ1) is 24.8. The van der Waals surface area contributed by atoms with Gasteiger partial charge in [-0.25, -0.2) is 0 Å². The van der Waals surface area contributed by atoms with Crippen LogP contribution in [0.1, 0.15) is 65.0 Å². The van der Waals surface area contributed by atoms with Crippen molar-refractivity contribution in [2.45, 2.75) is 63.7 Å². The quantitative estimate of drug-likeness (QED) is 0.345. The number of rotatable bonds is 10. The predicted molar refractivity (Wildman–Crippen MR) is 134 cm³/mol. The van der Waals surface area contributed by atoms with Crippen molar-refractivity contribution in [1.82, 2.24) is 0 Å². The lowest BCUT2D eigenvalue weighted by Gasteiger charge is -2.36. The third-order valence-corrected chi connectivity index (χ3v) is 6.46. The van der Waals surface area contributed by atoms with E-state index in [0.717, 1.165) is 47.0 Å². The molecule has 174 valence electrons. The number of nitriles is 2. The van der Waals surface area contributed by atoms with E-state index in [2.05, 4.69) is 63.8 Å². The Kier molecular flexibility index (Phi) is 8.53. The maximum absolute atomic E-state index is 10.1. The number of nitrogens with zero attached hydrogens (tertiary/aromatic N) is 3. The van der Waals surface area contributed by atoms with Crippen molar-refractivity contribution in [2.24, 2.45) is 11.8 Å². The zero-order valence-electron chi connectivity index (χ0n) is 20.3. The van der Waals surface area contributed by atoms with Gasteiger partial charge in [-0.05, 0) is 30.4 Å². The molecule has 0 aromatic heterocycles. The van der Waals surface area contributed by atoms with Crippen molar-refractivity contribution in [3.8, 4) is 23.6 Å². The number of fused-ring (bicyclic) bond motifs is 2. The van der Waals surface area contributed by atoms with Crippen LogP contribution in [0.15, 0.2) is 34.1 Å². The molecule has 0 spiro atoms. The molecule has 2 aromatic carbocycles. The average molecular weight is 464 g/mol. The first-order valence-corrected chi connectivity index (χ1v) is 12.6. The second-order valence-corrected chi connectivity index (χ2v) is 10.2. The van der Waals surface area contributed by atoms with Crippen molar-refractivity contribution in [3.63, 3.8) is 0 Å². The van der Waals surface area contributed by atoms with Gasteiger partial charge in [-0.1, -0.05) is 71.4 Å². The van der Waals surface area contributed by atoms with Crippen molar-refractivity contribution in [1.29, 1.82) is 10.5 Å². The van der Waals surface area contributed by atoms with Crippen LogP contribution in [0.4, 0.5) is 11.4 Å². The Balaban J connectivity index is 2.30.